The Morgan fingerprint density at radius 3 is 1.88 bits per heavy atom. The number of benzene rings is 1. The molecule has 0 amide bonds. The van der Waals surface area contributed by atoms with Crippen LogP contribution in [0.2, 0.25) is 0 Å². The molecule has 0 fully saturated rings. The van der Waals surface area contributed by atoms with Crippen LogP contribution in [0.5, 0.6) is 0 Å². The van der Waals surface area contributed by atoms with E-state index in [2.05, 4.69) is 13.2 Å². The van der Waals surface area contributed by atoms with Gasteiger partial charge in [-0.05, 0) is 18.1 Å². The maximum atomic E-state index is 9.49. The van der Waals surface area contributed by atoms with Crippen molar-refractivity contribution >= 4 is 12.0 Å². The van der Waals surface area contributed by atoms with E-state index >= 15 is 0 Å². The summed E-state index contributed by atoms with van der Waals surface area (Å²) in [6, 6.07) is 10.0. The molecular weight excluding hydrogens is 222 g/mol. The van der Waals surface area contributed by atoms with Crippen LogP contribution in [-0.2, 0) is 4.79 Å². The summed E-state index contributed by atoms with van der Waals surface area (Å²) in [4.78, 5) is 9.49. The second-order valence-corrected chi connectivity index (χ2v) is 2.68. The Hall–Kier alpha value is 0.170. The van der Waals surface area contributed by atoms with Gasteiger partial charge in [0.25, 0.3) is 0 Å². The molecule has 0 atom stereocenters. The average Bonchev–Trinajstić information content (AvgIpc) is 2.20. The van der Waals surface area contributed by atoms with Crippen molar-refractivity contribution < 1.29 is 70.4 Å². The second-order valence-electron chi connectivity index (χ2n) is 2.68. The summed E-state index contributed by atoms with van der Waals surface area (Å²) >= 11 is 0. The van der Waals surface area contributed by atoms with Gasteiger partial charge in [0.15, 0.2) is 0 Å². The van der Waals surface area contributed by atoms with Crippen LogP contribution in [0.1, 0.15) is 13.9 Å². The van der Waals surface area contributed by atoms with E-state index in [9.17, 15) is 9.90 Å². The quantitative estimate of drug-likeness (QED) is 0.385. The Bertz CT molecular complexity index is 315. The minimum Gasteiger partial charge on any atom is -1.00 e. The summed E-state index contributed by atoms with van der Waals surface area (Å²) in [7, 11) is 0. The van der Waals surface area contributed by atoms with Crippen LogP contribution in [0, 0.1) is 0 Å². The molecule has 0 spiro atoms. The standard InChI is InChI=1S/C8H8.C4H6O2.2Na.H/c1-2-8-6-4-3-5-7-8;1-3(2)4(5)6;;;/h2-7H,1H2;1H2,2H3,(H,5,6);;;/q;;2*+1;-1/p-1. The summed E-state index contributed by atoms with van der Waals surface area (Å²) in [6.07, 6.45) is 1.83. The Morgan fingerprint density at radius 1 is 1.31 bits per heavy atom. The molecule has 16 heavy (non-hydrogen) atoms. The number of aliphatic carboxylic acids is 1. The van der Waals surface area contributed by atoms with Gasteiger partial charge in [-0.3, -0.25) is 0 Å². The molecule has 0 aromatic heterocycles. The molecule has 4 heteroatoms. The van der Waals surface area contributed by atoms with Crippen molar-refractivity contribution in [2.75, 3.05) is 0 Å². The minimum atomic E-state index is -1.19. The fraction of sp³-hybridized carbons (Fsp3) is 0.0833. The van der Waals surface area contributed by atoms with Crippen LogP contribution < -0.4 is 64.2 Å². The summed E-state index contributed by atoms with van der Waals surface area (Å²) in [5, 5.41) is 9.49. The molecule has 0 saturated carbocycles. The van der Waals surface area contributed by atoms with E-state index in [1.54, 1.807) is 0 Å². The van der Waals surface area contributed by atoms with Gasteiger partial charge in [0.2, 0.25) is 0 Å². The van der Waals surface area contributed by atoms with Gasteiger partial charge < -0.3 is 11.3 Å². The predicted molar refractivity (Wildman–Crippen MR) is 57.5 cm³/mol. The van der Waals surface area contributed by atoms with Gasteiger partial charge in [0.1, 0.15) is 0 Å². The molecule has 0 unspecified atom stereocenters. The van der Waals surface area contributed by atoms with Gasteiger partial charge in [0, 0.05) is 0 Å². The summed E-state index contributed by atoms with van der Waals surface area (Å²) < 4.78 is 0. The maximum Gasteiger partial charge on any atom is 1.00 e. The van der Waals surface area contributed by atoms with Gasteiger partial charge in [-0.2, -0.15) is 0 Å². The van der Waals surface area contributed by atoms with Crippen LogP contribution in [0.4, 0.5) is 0 Å². The zero-order valence-electron chi connectivity index (χ0n) is 11.2. The summed E-state index contributed by atoms with van der Waals surface area (Å²) in [5.74, 6) is -1.19. The van der Waals surface area contributed by atoms with Gasteiger partial charge >= 0.3 is 59.1 Å². The molecule has 2 nitrogen and oxygen atoms in total. The molecule has 1 aromatic rings. The van der Waals surface area contributed by atoms with Crippen LogP contribution in [0.25, 0.3) is 6.08 Å². The van der Waals surface area contributed by atoms with Crippen molar-refractivity contribution in [1.29, 1.82) is 0 Å². The Kier molecular flexibility index (Phi) is 17.7. The molecule has 0 saturated heterocycles. The molecule has 0 radical (unpaired) electrons. The molecule has 1 rings (SSSR count). The molecule has 0 aliphatic heterocycles. The normalized spacial score (nSPS) is 7.06. The van der Waals surface area contributed by atoms with Crippen LogP contribution in [-0.4, -0.2) is 5.97 Å². The van der Waals surface area contributed by atoms with E-state index < -0.39 is 5.97 Å². The van der Waals surface area contributed by atoms with Crippen molar-refractivity contribution in [2.24, 2.45) is 0 Å². The first-order chi connectivity index (χ1) is 6.57. The third-order valence-corrected chi connectivity index (χ3v) is 1.38. The number of hydrogen-bond donors (Lipinski definition) is 0. The van der Waals surface area contributed by atoms with E-state index in [1.165, 1.54) is 12.5 Å². The number of hydrogen-bond acceptors (Lipinski definition) is 2. The third-order valence-electron chi connectivity index (χ3n) is 1.38. The van der Waals surface area contributed by atoms with Gasteiger partial charge in [0.05, 0.1) is 5.97 Å². The first-order valence-electron chi connectivity index (χ1n) is 4.12. The number of carboxylic acids is 1. The molecule has 0 N–H and O–H groups in total. The van der Waals surface area contributed by atoms with Crippen molar-refractivity contribution in [3.63, 3.8) is 0 Å². The van der Waals surface area contributed by atoms with E-state index in [0.29, 0.717) is 0 Å². The Balaban J connectivity index is -0.0000000873. The fourth-order valence-corrected chi connectivity index (χ4v) is 0.589. The first-order valence-corrected chi connectivity index (χ1v) is 4.12. The Morgan fingerprint density at radius 2 is 1.69 bits per heavy atom. The molecule has 76 valence electrons. The number of carbonyl (C=O) groups excluding carboxylic acids is 1. The fourth-order valence-electron chi connectivity index (χ4n) is 0.589. The van der Waals surface area contributed by atoms with Gasteiger partial charge in [-0.25, -0.2) is 0 Å². The van der Waals surface area contributed by atoms with Gasteiger partial charge in [-0.1, -0.05) is 49.6 Å². The molecule has 0 aliphatic rings. The monoisotopic (exact) mass is 236 g/mol. The van der Waals surface area contributed by atoms with Crippen LogP contribution in [0.15, 0.2) is 49.1 Å². The SMILES string of the molecule is C=C(C)C(=O)[O-].C=Cc1ccccc1.[H-].[Na+].[Na+]. The first kappa shape index (κ1) is 21.5. The number of carboxylic acid groups (broad SMARTS) is 1. The largest absolute Gasteiger partial charge is 1.00 e. The molecular formula is C12H14Na2O2. The third kappa shape index (κ3) is 12.2. The smallest absolute Gasteiger partial charge is 1.00 e. The van der Waals surface area contributed by atoms with Crippen LogP contribution >= 0.6 is 0 Å². The zero-order chi connectivity index (χ0) is 11.0. The Labute approximate surface area is 143 Å². The van der Waals surface area contributed by atoms with E-state index in [0.717, 1.165) is 0 Å². The van der Waals surface area contributed by atoms with Crippen molar-refractivity contribution in [3.05, 3.63) is 54.6 Å². The summed E-state index contributed by atoms with van der Waals surface area (Å²) in [5.41, 5.74) is 1.24. The van der Waals surface area contributed by atoms with Crippen molar-refractivity contribution in [2.45, 2.75) is 6.92 Å². The topological polar surface area (TPSA) is 40.1 Å². The van der Waals surface area contributed by atoms with E-state index in [4.69, 9.17) is 0 Å². The second kappa shape index (κ2) is 13.2. The van der Waals surface area contributed by atoms with E-state index in [-0.39, 0.29) is 66.1 Å². The maximum absolute atomic E-state index is 9.49. The molecule has 0 aliphatic carbocycles. The van der Waals surface area contributed by atoms with Gasteiger partial charge in [-0.15, -0.1) is 0 Å². The minimum absolute atomic E-state index is 0. The molecule has 0 heterocycles. The van der Waals surface area contributed by atoms with Crippen LogP contribution in [0.3, 0.4) is 0 Å². The van der Waals surface area contributed by atoms with E-state index in [1.807, 2.05) is 36.4 Å². The molecule has 1 aromatic carbocycles. The molecule has 0 bridgehead atoms. The van der Waals surface area contributed by atoms with Crippen molar-refractivity contribution in [1.82, 2.24) is 0 Å². The number of rotatable bonds is 2. The zero-order valence-corrected chi connectivity index (χ0v) is 14.2. The van der Waals surface area contributed by atoms with Crippen molar-refractivity contribution in [3.8, 4) is 0 Å². The predicted octanol–water partition coefficient (Wildman–Crippen LogP) is -4.24. The number of carbonyl (C=O) groups is 1. The average molecular weight is 236 g/mol. The summed E-state index contributed by atoms with van der Waals surface area (Å²) in [6.45, 7) is 8.11.